The molecule has 0 saturated carbocycles. The SMILES string of the molecule is [C-]#[N+]c1cc(C(=O)N2Cc3c(nn4c3C(=O)N(C(C)c3cnc(C(F)(F)F)cn3)C[C@H]4C)C[C@H]2C)ccc1Cl. The highest BCUT2D eigenvalue weighted by Crippen LogP contribution is 2.36. The zero-order chi connectivity index (χ0) is 28.2. The summed E-state index contributed by atoms with van der Waals surface area (Å²) in [6.07, 6.45) is -2.47. The van der Waals surface area contributed by atoms with Gasteiger partial charge in [-0.3, -0.25) is 19.3 Å². The Morgan fingerprint density at radius 3 is 2.59 bits per heavy atom. The topological polar surface area (TPSA) is 88.6 Å². The summed E-state index contributed by atoms with van der Waals surface area (Å²) in [6, 6.07) is 3.46. The van der Waals surface area contributed by atoms with Crippen molar-refractivity contribution in [1.82, 2.24) is 29.5 Å². The third kappa shape index (κ3) is 4.61. The molecule has 2 aliphatic heterocycles. The molecule has 2 aromatic heterocycles. The van der Waals surface area contributed by atoms with E-state index in [1.54, 1.807) is 27.5 Å². The molecule has 0 bridgehead atoms. The summed E-state index contributed by atoms with van der Waals surface area (Å²) < 4.78 is 40.5. The number of alkyl halides is 3. The van der Waals surface area contributed by atoms with Crippen molar-refractivity contribution in [2.75, 3.05) is 6.54 Å². The fourth-order valence-electron chi connectivity index (χ4n) is 5.05. The molecule has 0 spiro atoms. The zero-order valence-corrected chi connectivity index (χ0v) is 22.0. The first-order valence-electron chi connectivity index (χ1n) is 12.2. The average molecular weight is 558 g/mol. The van der Waals surface area contributed by atoms with Crippen molar-refractivity contribution in [2.45, 2.75) is 58.0 Å². The van der Waals surface area contributed by atoms with Gasteiger partial charge in [0.25, 0.3) is 11.8 Å². The lowest BCUT2D eigenvalue weighted by atomic mass is 9.97. The highest BCUT2D eigenvalue weighted by atomic mass is 35.5. The second kappa shape index (κ2) is 9.64. The second-order valence-corrected chi connectivity index (χ2v) is 10.2. The zero-order valence-electron chi connectivity index (χ0n) is 21.2. The molecule has 3 atom stereocenters. The average Bonchev–Trinajstić information content (AvgIpc) is 3.28. The van der Waals surface area contributed by atoms with E-state index in [1.165, 1.54) is 12.1 Å². The molecule has 5 rings (SSSR count). The van der Waals surface area contributed by atoms with Crippen LogP contribution >= 0.6 is 11.6 Å². The van der Waals surface area contributed by atoms with Crippen molar-refractivity contribution in [3.05, 3.63) is 80.9 Å². The maximum Gasteiger partial charge on any atom is 0.434 e. The Kier molecular flexibility index (Phi) is 6.58. The Labute approximate surface area is 227 Å². The molecule has 0 aliphatic carbocycles. The van der Waals surface area contributed by atoms with Gasteiger partial charge >= 0.3 is 6.18 Å². The van der Waals surface area contributed by atoms with E-state index >= 15 is 0 Å². The van der Waals surface area contributed by atoms with Gasteiger partial charge in [0.1, 0.15) is 5.69 Å². The van der Waals surface area contributed by atoms with Gasteiger partial charge in [0.15, 0.2) is 5.69 Å². The van der Waals surface area contributed by atoms with Crippen LogP contribution in [0, 0.1) is 6.57 Å². The summed E-state index contributed by atoms with van der Waals surface area (Å²) in [7, 11) is 0. The highest BCUT2D eigenvalue weighted by Gasteiger charge is 2.41. The first-order chi connectivity index (χ1) is 18.4. The van der Waals surface area contributed by atoms with Crippen molar-refractivity contribution in [1.29, 1.82) is 0 Å². The van der Waals surface area contributed by atoms with Crippen molar-refractivity contribution >= 4 is 29.1 Å². The molecule has 9 nitrogen and oxygen atoms in total. The Bertz CT molecular complexity index is 1510. The first kappa shape index (κ1) is 26.6. The Hall–Kier alpha value is -3.98. The van der Waals surface area contributed by atoms with E-state index < -0.39 is 17.9 Å². The number of rotatable bonds is 3. The molecular formula is C26H23ClF3N7O2. The number of hydrogen-bond acceptors (Lipinski definition) is 5. The summed E-state index contributed by atoms with van der Waals surface area (Å²) in [5.41, 5.74) is 1.32. The molecule has 2 aliphatic rings. The van der Waals surface area contributed by atoms with E-state index in [0.29, 0.717) is 29.4 Å². The van der Waals surface area contributed by atoms with Crippen molar-refractivity contribution in [3.63, 3.8) is 0 Å². The summed E-state index contributed by atoms with van der Waals surface area (Å²) in [4.78, 5) is 41.2. The number of hydrogen-bond donors (Lipinski definition) is 0. The molecule has 0 saturated heterocycles. The summed E-state index contributed by atoms with van der Waals surface area (Å²) in [5.74, 6) is -0.643. The van der Waals surface area contributed by atoms with Crippen LogP contribution in [0.2, 0.25) is 5.02 Å². The van der Waals surface area contributed by atoms with Gasteiger partial charge in [-0.25, -0.2) is 9.83 Å². The highest BCUT2D eigenvalue weighted by molar-refractivity contribution is 6.33. The van der Waals surface area contributed by atoms with Gasteiger partial charge in [-0.15, -0.1) is 0 Å². The number of benzene rings is 1. The molecule has 39 heavy (non-hydrogen) atoms. The van der Waals surface area contributed by atoms with Crippen LogP contribution in [0.3, 0.4) is 0 Å². The van der Waals surface area contributed by atoms with Crippen molar-refractivity contribution in [2.24, 2.45) is 0 Å². The molecular weight excluding hydrogens is 535 g/mol. The monoisotopic (exact) mass is 557 g/mol. The number of carbonyl (C=O) groups is 2. The smallest absolute Gasteiger partial charge is 0.331 e. The maximum absolute atomic E-state index is 13.8. The molecule has 2 amide bonds. The third-order valence-electron chi connectivity index (χ3n) is 7.22. The van der Waals surface area contributed by atoms with Gasteiger partial charge in [-0.2, -0.15) is 18.3 Å². The van der Waals surface area contributed by atoms with Crippen molar-refractivity contribution in [3.8, 4) is 0 Å². The van der Waals surface area contributed by atoms with Gasteiger partial charge in [-0.05, 0) is 26.8 Å². The van der Waals surface area contributed by atoms with Crippen LogP contribution in [0.15, 0.2) is 30.6 Å². The van der Waals surface area contributed by atoms with Crippen molar-refractivity contribution < 1.29 is 22.8 Å². The van der Waals surface area contributed by atoms with E-state index in [4.69, 9.17) is 23.3 Å². The molecule has 0 fully saturated rings. The van der Waals surface area contributed by atoms with E-state index in [2.05, 4.69) is 14.8 Å². The lowest BCUT2D eigenvalue weighted by Gasteiger charge is -2.37. The van der Waals surface area contributed by atoms with E-state index in [9.17, 15) is 22.8 Å². The number of fused-ring (bicyclic) bond motifs is 3. The normalized spacial score (nSPS) is 19.8. The molecule has 0 radical (unpaired) electrons. The van der Waals surface area contributed by atoms with Crippen LogP contribution in [0.25, 0.3) is 4.85 Å². The minimum absolute atomic E-state index is 0.140. The van der Waals surface area contributed by atoms with Gasteiger partial charge in [0, 0.05) is 35.2 Å². The van der Waals surface area contributed by atoms with Gasteiger partial charge in [-0.1, -0.05) is 23.7 Å². The van der Waals surface area contributed by atoms with Crippen LogP contribution in [0.1, 0.15) is 76.3 Å². The molecule has 0 N–H and O–H groups in total. The lowest BCUT2D eigenvalue weighted by molar-refractivity contribution is -0.141. The Morgan fingerprint density at radius 2 is 1.95 bits per heavy atom. The number of aromatic nitrogens is 4. The molecule has 4 heterocycles. The second-order valence-electron chi connectivity index (χ2n) is 9.79. The predicted octanol–water partition coefficient (Wildman–Crippen LogP) is 5.26. The minimum Gasteiger partial charge on any atom is -0.331 e. The quantitative estimate of drug-likeness (QED) is 0.410. The Morgan fingerprint density at radius 1 is 1.21 bits per heavy atom. The number of amides is 2. The Balaban J connectivity index is 1.45. The van der Waals surface area contributed by atoms with Crippen LogP contribution in [-0.4, -0.2) is 53.9 Å². The number of nitrogens with zero attached hydrogens (tertiary/aromatic N) is 7. The molecule has 3 aromatic rings. The van der Waals surface area contributed by atoms with E-state index in [0.717, 1.165) is 11.9 Å². The predicted molar refractivity (Wildman–Crippen MR) is 134 cm³/mol. The fourth-order valence-corrected chi connectivity index (χ4v) is 5.21. The first-order valence-corrected chi connectivity index (χ1v) is 12.6. The third-order valence-corrected chi connectivity index (χ3v) is 7.53. The fraction of sp³-hybridized carbons (Fsp3) is 0.385. The molecule has 1 aromatic carbocycles. The lowest BCUT2D eigenvalue weighted by Crippen LogP contribution is -2.45. The largest absolute Gasteiger partial charge is 0.434 e. The van der Waals surface area contributed by atoms with E-state index in [1.807, 2.05) is 13.8 Å². The van der Waals surface area contributed by atoms with Crippen LogP contribution in [-0.2, 0) is 19.1 Å². The summed E-state index contributed by atoms with van der Waals surface area (Å²) in [6.45, 7) is 13.2. The summed E-state index contributed by atoms with van der Waals surface area (Å²) in [5, 5.41) is 4.96. The van der Waals surface area contributed by atoms with Crippen LogP contribution < -0.4 is 0 Å². The van der Waals surface area contributed by atoms with Gasteiger partial charge in [0.2, 0.25) is 5.69 Å². The standard InChI is InChI=1S/C26H23ClF3N7O2/c1-13-7-19-17(12-35(13)24(38)16-5-6-18(27)20(8-16)31-4)23-25(39)36(11-14(2)37(23)34-19)15(3)21-9-33-22(10-32-21)26(28,29)30/h5-6,8-10,13-15H,7,11-12H2,1-3H3/t13-,14-,15?/m1/s1. The van der Waals surface area contributed by atoms with Crippen LogP contribution in [0.5, 0.6) is 0 Å². The van der Waals surface area contributed by atoms with Gasteiger partial charge in [0.05, 0.1) is 49.0 Å². The molecule has 13 heteroatoms. The number of halogens is 4. The maximum atomic E-state index is 13.8. The molecule has 202 valence electrons. The molecule has 1 unspecified atom stereocenters. The number of carbonyl (C=O) groups excluding carboxylic acids is 2. The summed E-state index contributed by atoms with van der Waals surface area (Å²) >= 11 is 6.04. The van der Waals surface area contributed by atoms with Crippen LogP contribution in [0.4, 0.5) is 18.9 Å². The van der Waals surface area contributed by atoms with Gasteiger partial charge < -0.3 is 9.80 Å². The van der Waals surface area contributed by atoms with E-state index in [-0.39, 0.29) is 53.4 Å². The minimum atomic E-state index is -4.61.